The van der Waals surface area contributed by atoms with Crippen LogP contribution in [0, 0.1) is 23.7 Å². The second-order valence-electron chi connectivity index (χ2n) is 10.2. The molecular formula is C22H34N4O6S. The van der Waals surface area contributed by atoms with E-state index in [-0.39, 0.29) is 23.6 Å². The first-order valence-electron chi connectivity index (χ1n) is 11.6. The maximum Gasteiger partial charge on any atom is 0.349 e. The van der Waals surface area contributed by atoms with E-state index in [1.807, 2.05) is 13.8 Å². The van der Waals surface area contributed by atoms with Crippen molar-refractivity contribution in [1.82, 2.24) is 19.2 Å². The first kappa shape index (κ1) is 24.2. The number of aromatic amines is 1. The van der Waals surface area contributed by atoms with Gasteiger partial charge in [-0.2, -0.15) is 0 Å². The lowest BCUT2D eigenvalue weighted by molar-refractivity contribution is -0.163. The number of sulfonamides is 1. The average Bonchev–Trinajstić information content (AvgIpc) is 3.46. The van der Waals surface area contributed by atoms with Gasteiger partial charge < -0.3 is 4.74 Å². The summed E-state index contributed by atoms with van der Waals surface area (Å²) in [7, 11) is -3.55. The summed E-state index contributed by atoms with van der Waals surface area (Å²) < 4.78 is 35.3. The van der Waals surface area contributed by atoms with E-state index in [0.29, 0.717) is 31.5 Å². The van der Waals surface area contributed by atoms with Crippen molar-refractivity contribution in [1.29, 1.82) is 0 Å². The predicted molar refractivity (Wildman–Crippen MR) is 122 cm³/mol. The molecule has 0 radical (unpaired) electrons. The minimum absolute atomic E-state index is 0.0682. The third-order valence-corrected chi connectivity index (χ3v) is 10.7. The van der Waals surface area contributed by atoms with Gasteiger partial charge in [0.1, 0.15) is 6.10 Å². The molecule has 2 heterocycles. The van der Waals surface area contributed by atoms with Crippen LogP contribution in [0.25, 0.3) is 0 Å². The Morgan fingerprint density at radius 3 is 2.45 bits per heavy atom. The SMILES string of the molecule is CCN(CC)S(=O)(=O)C[C@@]12CC[C@H](C[C@H]1OC(=O)[C@@]1(n3cc(C)c(=O)[nH]c3=O)CN1)C2(C)C. The van der Waals surface area contributed by atoms with Crippen LogP contribution in [0.5, 0.6) is 0 Å². The molecule has 0 amide bonds. The van der Waals surface area contributed by atoms with Gasteiger partial charge in [-0.1, -0.05) is 27.7 Å². The number of aromatic nitrogens is 2. The van der Waals surface area contributed by atoms with Crippen molar-refractivity contribution in [2.75, 3.05) is 25.4 Å². The lowest BCUT2D eigenvalue weighted by atomic mass is 9.69. The molecule has 2 saturated carbocycles. The third-order valence-electron chi connectivity index (χ3n) is 8.53. The van der Waals surface area contributed by atoms with Crippen molar-refractivity contribution in [3.63, 3.8) is 0 Å². The molecule has 3 aliphatic rings. The van der Waals surface area contributed by atoms with Crippen LogP contribution in [0.1, 0.15) is 52.5 Å². The Bertz CT molecular complexity index is 1180. The molecule has 3 fully saturated rings. The van der Waals surface area contributed by atoms with Gasteiger partial charge >= 0.3 is 11.7 Å². The number of carbonyl (C=O) groups excluding carboxylic acids is 1. The summed E-state index contributed by atoms with van der Waals surface area (Å²) in [5.41, 5.74) is -3.28. The Labute approximate surface area is 193 Å². The highest BCUT2D eigenvalue weighted by molar-refractivity contribution is 7.89. The fourth-order valence-electron chi connectivity index (χ4n) is 6.11. The molecule has 184 valence electrons. The van der Waals surface area contributed by atoms with Crippen LogP contribution in [0.15, 0.2) is 15.8 Å². The van der Waals surface area contributed by atoms with Crippen LogP contribution in [0.2, 0.25) is 0 Å². The number of nitrogens with zero attached hydrogens (tertiary/aromatic N) is 2. The van der Waals surface area contributed by atoms with E-state index in [9.17, 15) is 22.8 Å². The summed E-state index contributed by atoms with van der Waals surface area (Å²) in [6.07, 6.45) is 2.96. The lowest BCUT2D eigenvalue weighted by Gasteiger charge is -2.42. The molecule has 1 aliphatic heterocycles. The molecule has 0 aromatic carbocycles. The van der Waals surface area contributed by atoms with E-state index in [2.05, 4.69) is 24.1 Å². The van der Waals surface area contributed by atoms with Gasteiger partial charge in [0.25, 0.3) is 5.56 Å². The number of hydrogen-bond acceptors (Lipinski definition) is 7. The Morgan fingerprint density at radius 1 is 1.27 bits per heavy atom. The van der Waals surface area contributed by atoms with Gasteiger partial charge in [-0.05, 0) is 37.5 Å². The standard InChI is InChI=1S/C22H34N4O6S/c1-6-25(7-2)33(30,31)13-21-9-8-15(20(21,4)5)10-16(21)32-18(28)22(12-23-22)26-11-14(3)17(27)24-19(26)29/h11,15-16,23H,6-10,12-13H2,1-5H3,(H,24,27,29)/t15-,16-,21+,22+/m1/s1. The van der Waals surface area contributed by atoms with Gasteiger partial charge in [0, 0.05) is 36.8 Å². The maximum atomic E-state index is 13.4. The number of aryl methyl sites for hydroxylation is 1. The van der Waals surface area contributed by atoms with Crippen molar-refractivity contribution < 1.29 is 17.9 Å². The van der Waals surface area contributed by atoms with E-state index >= 15 is 0 Å². The first-order chi connectivity index (χ1) is 15.3. The normalized spacial score (nSPS) is 32.3. The van der Waals surface area contributed by atoms with Crippen LogP contribution in [-0.4, -0.2) is 59.7 Å². The number of esters is 1. The number of rotatable bonds is 8. The zero-order valence-corrected chi connectivity index (χ0v) is 20.8. The van der Waals surface area contributed by atoms with Crippen LogP contribution in [0.3, 0.4) is 0 Å². The topological polar surface area (TPSA) is 140 Å². The summed E-state index contributed by atoms with van der Waals surface area (Å²) >= 11 is 0. The Kier molecular flexibility index (Phi) is 5.69. The van der Waals surface area contributed by atoms with Crippen molar-refractivity contribution in [2.45, 2.75) is 65.6 Å². The second kappa shape index (κ2) is 7.78. The molecule has 2 N–H and O–H groups in total. The molecule has 4 atom stereocenters. The van der Waals surface area contributed by atoms with Gasteiger partial charge in [0.15, 0.2) is 0 Å². The summed E-state index contributed by atoms with van der Waals surface area (Å²) in [5.74, 6) is -0.436. The molecule has 10 nitrogen and oxygen atoms in total. The molecule has 0 unspecified atom stereocenters. The van der Waals surface area contributed by atoms with E-state index in [0.717, 1.165) is 6.42 Å². The molecule has 33 heavy (non-hydrogen) atoms. The molecule has 2 aliphatic carbocycles. The van der Waals surface area contributed by atoms with Crippen LogP contribution < -0.4 is 16.6 Å². The van der Waals surface area contributed by atoms with Crippen molar-refractivity contribution >= 4 is 16.0 Å². The zero-order chi connectivity index (χ0) is 24.4. The van der Waals surface area contributed by atoms with E-state index in [1.165, 1.54) is 15.1 Å². The monoisotopic (exact) mass is 482 g/mol. The molecular weight excluding hydrogens is 448 g/mol. The molecule has 2 bridgehead atoms. The Balaban J connectivity index is 1.65. The molecule has 1 saturated heterocycles. The number of carbonyl (C=O) groups is 1. The molecule has 0 spiro atoms. The van der Waals surface area contributed by atoms with E-state index in [1.54, 1.807) is 6.92 Å². The highest BCUT2D eigenvalue weighted by atomic mass is 32.2. The van der Waals surface area contributed by atoms with E-state index < -0.39 is 44.4 Å². The van der Waals surface area contributed by atoms with Crippen LogP contribution >= 0.6 is 0 Å². The predicted octanol–water partition coefficient (Wildman–Crippen LogP) is 0.511. The summed E-state index contributed by atoms with van der Waals surface area (Å²) in [6.45, 7) is 10.3. The molecule has 1 aromatic heterocycles. The summed E-state index contributed by atoms with van der Waals surface area (Å²) in [6, 6.07) is 0. The number of nitrogens with one attached hydrogen (secondary N) is 2. The Hall–Kier alpha value is -1.98. The van der Waals surface area contributed by atoms with Crippen molar-refractivity contribution in [3.05, 3.63) is 32.6 Å². The summed E-state index contributed by atoms with van der Waals surface area (Å²) in [4.78, 5) is 39.8. The second-order valence-corrected chi connectivity index (χ2v) is 12.2. The van der Waals surface area contributed by atoms with Gasteiger partial charge in [-0.25, -0.2) is 22.3 Å². The van der Waals surface area contributed by atoms with Crippen LogP contribution in [0.4, 0.5) is 0 Å². The molecule has 11 heteroatoms. The van der Waals surface area contributed by atoms with Crippen molar-refractivity contribution in [3.8, 4) is 0 Å². The average molecular weight is 483 g/mol. The Morgan fingerprint density at radius 2 is 1.91 bits per heavy atom. The minimum Gasteiger partial charge on any atom is -0.459 e. The van der Waals surface area contributed by atoms with Crippen LogP contribution in [-0.2, 0) is 25.2 Å². The largest absolute Gasteiger partial charge is 0.459 e. The van der Waals surface area contributed by atoms with Gasteiger partial charge in [0.2, 0.25) is 15.7 Å². The van der Waals surface area contributed by atoms with Gasteiger partial charge in [-0.3, -0.25) is 19.7 Å². The van der Waals surface area contributed by atoms with Gasteiger partial charge in [-0.15, -0.1) is 0 Å². The van der Waals surface area contributed by atoms with Crippen molar-refractivity contribution in [2.24, 2.45) is 16.7 Å². The summed E-state index contributed by atoms with van der Waals surface area (Å²) in [5, 5.41) is 2.93. The van der Waals surface area contributed by atoms with E-state index in [4.69, 9.17) is 4.74 Å². The highest BCUT2D eigenvalue weighted by Crippen LogP contribution is 2.67. The fourth-order valence-corrected chi connectivity index (χ4v) is 8.44. The minimum atomic E-state index is -3.55. The number of ether oxygens (including phenoxy) is 1. The molecule has 1 aromatic rings. The zero-order valence-electron chi connectivity index (χ0n) is 19.9. The number of H-pyrrole nitrogens is 1. The number of fused-ring (bicyclic) bond motifs is 2. The lowest BCUT2D eigenvalue weighted by Crippen LogP contribution is -2.51. The smallest absolute Gasteiger partial charge is 0.349 e. The third kappa shape index (κ3) is 3.50. The maximum absolute atomic E-state index is 13.4. The highest BCUT2D eigenvalue weighted by Gasteiger charge is 2.68. The van der Waals surface area contributed by atoms with Gasteiger partial charge in [0.05, 0.1) is 5.75 Å². The first-order valence-corrected chi connectivity index (χ1v) is 13.2. The molecule has 4 rings (SSSR count). The number of hydrogen-bond donors (Lipinski definition) is 2. The quantitative estimate of drug-likeness (QED) is 0.406. The fraction of sp³-hybridized carbons (Fsp3) is 0.773.